The molecule has 4 rings (SSSR count). The number of thiophene rings is 1. The van der Waals surface area contributed by atoms with Gasteiger partial charge in [0.15, 0.2) is 0 Å². The summed E-state index contributed by atoms with van der Waals surface area (Å²) in [6.07, 6.45) is 3.47. The molecule has 148 valence electrons. The summed E-state index contributed by atoms with van der Waals surface area (Å²) in [7, 11) is 0. The fraction of sp³-hybridized carbons (Fsp3) is 0.250. The Morgan fingerprint density at radius 2 is 1.79 bits per heavy atom. The number of carbonyl (C=O) groups is 2. The number of carbonyl (C=O) groups excluding carboxylic acids is 2. The van der Waals surface area contributed by atoms with Crippen molar-refractivity contribution in [1.82, 2.24) is 10.6 Å². The number of aryl methyl sites for hydroxylation is 1. The minimum atomic E-state index is -0.624. The lowest BCUT2D eigenvalue weighted by Gasteiger charge is -2.28. The Kier molecular flexibility index (Phi) is 6.06. The summed E-state index contributed by atoms with van der Waals surface area (Å²) in [6, 6.07) is 21.1. The first-order valence-corrected chi connectivity index (χ1v) is 10.8. The first-order valence-electron chi connectivity index (χ1n) is 9.97. The van der Waals surface area contributed by atoms with Crippen LogP contribution >= 0.6 is 11.3 Å². The lowest BCUT2D eigenvalue weighted by atomic mass is 9.87. The Balaban J connectivity index is 1.52. The predicted octanol–water partition coefficient (Wildman–Crippen LogP) is 4.28. The van der Waals surface area contributed by atoms with E-state index in [1.807, 2.05) is 53.9 Å². The highest BCUT2D eigenvalue weighted by Gasteiger charge is 2.27. The van der Waals surface area contributed by atoms with E-state index in [2.05, 4.69) is 22.8 Å². The third kappa shape index (κ3) is 4.74. The molecule has 0 fully saturated rings. The monoisotopic (exact) mass is 404 g/mol. The second-order valence-corrected chi connectivity index (χ2v) is 8.29. The van der Waals surface area contributed by atoms with Crippen LogP contribution in [0.4, 0.5) is 0 Å². The highest BCUT2D eigenvalue weighted by atomic mass is 32.1. The zero-order valence-corrected chi connectivity index (χ0v) is 17.0. The molecule has 2 atom stereocenters. The quantitative estimate of drug-likeness (QED) is 0.644. The number of hydrogen-bond donors (Lipinski definition) is 2. The molecule has 29 heavy (non-hydrogen) atoms. The number of fused-ring (bicyclic) bond motifs is 1. The lowest BCUT2D eigenvalue weighted by Crippen LogP contribution is -2.49. The molecule has 1 aliphatic rings. The summed E-state index contributed by atoms with van der Waals surface area (Å²) in [5.41, 5.74) is 3.50. The highest BCUT2D eigenvalue weighted by molar-refractivity contribution is 7.12. The van der Waals surface area contributed by atoms with Gasteiger partial charge in [0.1, 0.15) is 6.04 Å². The van der Waals surface area contributed by atoms with Gasteiger partial charge >= 0.3 is 0 Å². The van der Waals surface area contributed by atoms with E-state index in [-0.39, 0.29) is 17.9 Å². The number of benzene rings is 2. The van der Waals surface area contributed by atoms with Gasteiger partial charge in [-0.05, 0) is 47.4 Å². The van der Waals surface area contributed by atoms with E-state index in [0.29, 0.717) is 11.3 Å². The minimum absolute atomic E-state index is 0.00985. The number of amides is 2. The molecule has 0 spiro atoms. The minimum Gasteiger partial charge on any atom is -0.347 e. The molecule has 0 bridgehead atoms. The number of nitrogens with one attached hydrogen (secondary N) is 2. The summed E-state index contributed by atoms with van der Waals surface area (Å²) in [5.74, 6) is -0.347. The molecular formula is C24H24N2O2S. The van der Waals surface area contributed by atoms with Crippen LogP contribution < -0.4 is 10.6 Å². The average Bonchev–Trinajstić information content (AvgIpc) is 3.29. The van der Waals surface area contributed by atoms with Crippen LogP contribution in [0.25, 0.3) is 0 Å². The molecule has 0 unspecified atom stereocenters. The average molecular weight is 405 g/mol. The maximum absolute atomic E-state index is 13.2. The van der Waals surface area contributed by atoms with Crippen molar-refractivity contribution in [2.45, 2.75) is 37.8 Å². The number of rotatable bonds is 6. The molecule has 3 aromatic rings. The van der Waals surface area contributed by atoms with E-state index in [9.17, 15) is 9.59 Å². The van der Waals surface area contributed by atoms with Crippen LogP contribution in [0.5, 0.6) is 0 Å². The van der Waals surface area contributed by atoms with Crippen LogP contribution in [-0.4, -0.2) is 17.9 Å². The molecule has 4 nitrogen and oxygen atoms in total. The summed E-state index contributed by atoms with van der Waals surface area (Å²) < 4.78 is 0. The van der Waals surface area contributed by atoms with Crippen LogP contribution in [0.2, 0.25) is 0 Å². The molecule has 1 aromatic heterocycles. The van der Waals surface area contributed by atoms with Crippen molar-refractivity contribution < 1.29 is 9.59 Å². The fourth-order valence-electron chi connectivity index (χ4n) is 3.87. The smallest absolute Gasteiger partial charge is 0.262 e. The van der Waals surface area contributed by atoms with Crippen molar-refractivity contribution in [2.24, 2.45) is 0 Å². The molecule has 0 aliphatic heterocycles. The van der Waals surface area contributed by atoms with Gasteiger partial charge in [0.05, 0.1) is 10.9 Å². The molecular weight excluding hydrogens is 380 g/mol. The molecule has 0 saturated heterocycles. The third-order valence-corrected chi connectivity index (χ3v) is 6.20. The van der Waals surface area contributed by atoms with Crippen molar-refractivity contribution in [3.8, 4) is 0 Å². The van der Waals surface area contributed by atoms with Gasteiger partial charge in [-0.1, -0.05) is 60.7 Å². The lowest BCUT2D eigenvalue weighted by molar-refractivity contribution is -0.123. The molecule has 1 aliphatic carbocycles. The molecule has 2 N–H and O–H groups in total. The standard InChI is InChI=1S/C24H24N2O2S/c27-23(25-20-13-6-11-18-10-4-5-12-19(18)20)21(16-17-8-2-1-3-9-17)26-24(28)22-14-7-15-29-22/h1-5,7-10,12,14-15,20-21H,6,11,13,16H2,(H,25,27)(H,26,28)/t20-,21+/m0/s1. The summed E-state index contributed by atoms with van der Waals surface area (Å²) in [6.45, 7) is 0. The van der Waals surface area contributed by atoms with Crippen LogP contribution in [-0.2, 0) is 17.6 Å². The Hall–Kier alpha value is -2.92. The molecule has 2 amide bonds. The van der Waals surface area contributed by atoms with Gasteiger partial charge < -0.3 is 10.6 Å². The second-order valence-electron chi connectivity index (χ2n) is 7.35. The molecule has 0 radical (unpaired) electrons. The maximum atomic E-state index is 13.2. The van der Waals surface area contributed by atoms with Gasteiger partial charge in [0.25, 0.3) is 5.91 Å². The van der Waals surface area contributed by atoms with E-state index in [0.717, 1.165) is 24.8 Å². The van der Waals surface area contributed by atoms with Crippen LogP contribution in [0.3, 0.4) is 0 Å². The van der Waals surface area contributed by atoms with E-state index in [4.69, 9.17) is 0 Å². The van der Waals surface area contributed by atoms with Gasteiger partial charge in [-0.3, -0.25) is 9.59 Å². The Bertz CT molecular complexity index is 970. The van der Waals surface area contributed by atoms with Crippen molar-refractivity contribution >= 4 is 23.2 Å². The van der Waals surface area contributed by atoms with E-state index >= 15 is 0 Å². The first kappa shape index (κ1) is 19.4. The highest BCUT2D eigenvalue weighted by Crippen LogP contribution is 2.29. The summed E-state index contributed by atoms with van der Waals surface area (Å²) >= 11 is 1.37. The first-order chi connectivity index (χ1) is 14.2. The Morgan fingerprint density at radius 3 is 2.59 bits per heavy atom. The maximum Gasteiger partial charge on any atom is 0.262 e. The third-order valence-electron chi connectivity index (χ3n) is 5.34. The zero-order chi connectivity index (χ0) is 20.1. The predicted molar refractivity (Wildman–Crippen MR) is 116 cm³/mol. The van der Waals surface area contributed by atoms with Gasteiger partial charge in [-0.2, -0.15) is 0 Å². The second kappa shape index (κ2) is 9.05. The van der Waals surface area contributed by atoms with E-state index in [1.165, 1.54) is 22.5 Å². The Morgan fingerprint density at radius 1 is 1.00 bits per heavy atom. The van der Waals surface area contributed by atoms with Crippen LogP contribution in [0.15, 0.2) is 72.1 Å². The SMILES string of the molecule is O=C(N[C@H](Cc1ccccc1)C(=O)N[C@H]1CCCc2ccccc21)c1cccs1. The molecule has 2 aromatic carbocycles. The zero-order valence-electron chi connectivity index (χ0n) is 16.1. The van der Waals surface area contributed by atoms with Gasteiger partial charge in [-0.15, -0.1) is 11.3 Å². The van der Waals surface area contributed by atoms with Gasteiger partial charge in [-0.25, -0.2) is 0 Å². The van der Waals surface area contributed by atoms with Crippen molar-refractivity contribution in [2.75, 3.05) is 0 Å². The Labute approximate surface area is 175 Å². The summed E-state index contributed by atoms with van der Waals surface area (Å²) in [5, 5.41) is 8.00. The normalized spacial score (nSPS) is 16.5. The van der Waals surface area contributed by atoms with Gasteiger partial charge in [0, 0.05) is 6.42 Å². The van der Waals surface area contributed by atoms with E-state index in [1.54, 1.807) is 6.07 Å². The van der Waals surface area contributed by atoms with E-state index < -0.39 is 6.04 Å². The molecule has 0 saturated carbocycles. The fourth-order valence-corrected chi connectivity index (χ4v) is 4.50. The molecule has 1 heterocycles. The van der Waals surface area contributed by atoms with Crippen LogP contribution in [0, 0.1) is 0 Å². The van der Waals surface area contributed by atoms with Crippen molar-refractivity contribution in [3.63, 3.8) is 0 Å². The molecule has 5 heteroatoms. The van der Waals surface area contributed by atoms with Crippen molar-refractivity contribution in [1.29, 1.82) is 0 Å². The number of hydrogen-bond acceptors (Lipinski definition) is 3. The van der Waals surface area contributed by atoms with Gasteiger partial charge in [0.2, 0.25) is 5.91 Å². The van der Waals surface area contributed by atoms with Crippen LogP contribution in [0.1, 0.15) is 45.2 Å². The summed E-state index contributed by atoms with van der Waals surface area (Å²) in [4.78, 5) is 26.4. The largest absolute Gasteiger partial charge is 0.347 e. The topological polar surface area (TPSA) is 58.2 Å². The van der Waals surface area contributed by atoms with Crippen molar-refractivity contribution in [3.05, 3.63) is 93.7 Å².